The molecule has 192 valence electrons. The van der Waals surface area contributed by atoms with E-state index in [9.17, 15) is 14.4 Å². The fourth-order valence-electron chi connectivity index (χ4n) is 5.41. The molecule has 0 spiro atoms. The molecule has 37 heavy (non-hydrogen) atoms. The van der Waals surface area contributed by atoms with Crippen molar-refractivity contribution in [1.29, 1.82) is 0 Å². The lowest BCUT2D eigenvalue weighted by atomic mass is 9.86. The van der Waals surface area contributed by atoms with Crippen LogP contribution in [0.15, 0.2) is 59.5 Å². The molecule has 2 aromatic carbocycles. The van der Waals surface area contributed by atoms with Gasteiger partial charge >= 0.3 is 11.9 Å². The summed E-state index contributed by atoms with van der Waals surface area (Å²) >= 11 is 0. The highest BCUT2D eigenvalue weighted by Crippen LogP contribution is 2.41. The molecular formula is C30H32N2O5. The molecule has 1 saturated heterocycles. The summed E-state index contributed by atoms with van der Waals surface area (Å²) in [6, 6.07) is 14.9. The van der Waals surface area contributed by atoms with Crippen LogP contribution in [0.25, 0.3) is 11.3 Å². The standard InChI is InChI=1S/C30H32N2O5/c1-19(2)25-13-21-14-26(31-11-7-8-12-31)23(29(34)36-3)15-22(21)27-16-28(33)24(17-32(25)27)30(35)37-18-20-9-5-4-6-10-20/h4-6,9-10,14-17,19,25H,7-8,11-13,18H2,1-3H3. The molecule has 1 unspecified atom stereocenters. The molecule has 0 amide bonds. The third kappa shape index (κ3) is 4.78. The van der Waals surface area contributed by atoms with Crippen LogP contribution in [0.5, 0.6) is 0 Å². The molecule has 1 fully saturated rings. The van der Waals surface area contributed by atoms with E-state index in [2.05, 4.69) is 24.8 Å². The summed E-state index contributed by atoms with van der Waals surface area (Å²) in [4.78, 5) is 41.1. The van der Waals surface area contributed by atoms with Crippen LogP contribution in [0.1, 0.15) is 64.6 Å². The Morgan fingerprint density at radius 3 is 2.41 bits per heavy atom. The number of hydrogen-bond acceptors (Lipinski definition) is 6. The van der Waals surface area contributed by atoms with E-state index in [1.54, 1.807) is 6.20 Å². The Bertz CT molecular complexity index is 1390. The molecule has 7 nitrogen and oxygen atoms in total. The van der Waals surface area contributed by atoms with Crippen LogP contribution >= 0.6 is 0 Å². The zero-order valence-corrected chi connectivity index (χ0v) is 21.5. The highest BCUT2D eigenvalue weighted by molar-refractivity contribution is 5.98. The number of pyridine rings is 1. The third-order valence-corrected chi connectivity index (χ3v) is 7.42. The summed E-state index contributed by atoms with van der Waals surface area (Å²) in [5.41, 5.74) is 4.46. The summed E-state index contributed by atoms with van der Waals surface area (Å²) in [6.45, 7) is 6.17. The Hall–Kier alpha value is -3.87. The number of carbonyl (C=O) groups excluding carboxylic acids is 2. The average molecular weight is 501 g/mol. The van der Waals surface area contributed by atoms with E-state index in [0.717, 1.165) is 54.7 Å². The number of esters is 2. The van der Waals surface area contributed by atoms with E-state index in [1.807, 2.05) is 41.0 Å². The van der Waals surface area contributed by atoms with Gasteiger partial charge in [-0.3, -0.25) is 4.79 Å². The number of carbonyl (C=O) groups is 2. The second-order valence-corrected chi connectivity index (χ2v) is 10.1. The molecule has 7 heteroatoms. The van der Waals surface area contributed by atoms with Crippen LogP contribution in [0.4, 0.5) is 5.69 Å². The molecule has 0 radical (unpaired) electrons. The zero-order valence-electron chi connectivity index (χ0n) is 21.5. The Labute approximate surface area is 216 Å². The van der Waals surface area contributed by atoms with Crippen molar-refractivity contribution in [2.45, 2.75) is 45.8 Å². The number of anilines is 1. The van der Waals surface area contributed by atoms with E-state index in [0.29, 0.717) is 11.3 Å². The minimum absolute atomic E-state index is 0.00987. The van der Waals surface area contributed by atoms with Crippen molar-refractivity contribution in [1.82, 2.24) is 4.57 Å². The number of benzene rings is 2. The molecule has 0 bridgehead atoms. The van der Waals surface area contributed by atoms with Gasteiger partial charge in [0.15, 0.2) is 5.43 Å². The Balaban J connectivity index is 1.57. The first-order valence-corrected chi connectivity index (χ1v) is 12.8. The Kier molecular flexibility index (Phi) is 6.87. The lowest BCUT2D eigenvalue weighted by Crippen LogP contribution is -2.29. The van der Waals surface area contributed by atoms with Crippen molar-refractivity contribution in [2.24, 2.45) is 5.92 Å². The quantitative estimate of drug-likeness (QED) is 0.443. The van der Waals surface area contributed by atoms with E-state index in [-0.39, 0.29) is 24.1 Å². The maximum absolute atomic E-state index is 13.2. The van der Waals surface area contributed by atoms with Gasteiger partial charge in [0.2, 0.25) is 0 Å². The molecule has 5 rings (SSSR count). The Morgan fingerprint density at radius 1 is 1.00 bits per heavy atom. The number of aromatic nitrogens is 1. The molecule has 2 aliphatic rings. The van der Waals surface area contributed by atoms with Crippen molar-refractivity contribution in [2.75, 3.05) is 25.1 Å². The van der Waals surface area contributed by atoms with Crippen LogP contribution in [0.3, 0.4) is 0 Å². The van der Waals surface area contributed by atoms with Crippen molar-refractivity contribution in [3.05, 3.63) is 87.2 Å². The maximum atomic E-state index is 13.2. The first-order chi connectivity index (χ1) is 17.9. The van der Waals surface area contributed by atoms with Crippen LogP contribution in [0, 0.1) is 5.92 Å². The lowest BCUT2D eigenvalue weighted by molar-refractivity contribution is 0.0469. The second-order valence-electron chi connectivity index (χ2n) is 10.1. The predicted molar refractivity (Wildman–Crippen MR) is 142 cm³/mol. The van der Waals surface area contributed by atoms with Gasteiger partial charge in [0.1, 0.15) is 12.2 Å². The highest BCUT2D eigenvalue weighted by atomic mass is 16.5. The molecule has 3 heterocycles. The topological polar surface area (TPSA) is 77.8 Å². The van der Waals surface area contributed by atoms with Crippen molar-refractivity contribution in [3.8, 4) is 11.3 Å². The summed E-state index contributed by atoms with van der Waals surface area (Å²) in [6.07, 6.45) is 4.54. The molecule has 0 N–H and O–H groups in total. The second kappa shape index (κ2) is 10.2. The van der Waals surface area contributed by atoms with Crippen LogP contribution < -0.4 is 10.3 Å². The van der Waals surface area contributed by atoms with Crippen molar-refractivity contribution >= 4 is 17.6 Å². The number of nitrogens with zero attached hydrogens (tertiary/aromatic N) is 2. The minimum Gasteiger partial charge on any atom is -0.465 e. The van der Waals surface area contributed by atoms with Gasteiger partial charge in [0.25, 0.3) is 0 Å². The SMILES string of the molecule is COC(=O)c1cc2c(cc1N1CCCC1)CC(C(C)C)n1cc(C(=O)OCc3ccccc3)c(=O)cc1-2. The summed E-state index contributed by atoms with van der Waals surface area (Å²) in [5.74, 6) is -0.791. The van der Waals surface area contributed by atoms with Gasteiger partial charge in [0, 0.05) is 37.0 Å². The van der Waals surface area contributed by atoms with Gasteiger partial charge in [-0.05, 0) is 48.4 Å². The van der Waals surface area contributed by atoms with E-state index in [1.165, 1.54) is 13.2 Å². The summed E-state index contributed by atoms with van der Waals surface area (Å²) in [5, 5.41) is 0. The normalized spacial score (nSPS) is 16.3. The predicted octanol–water partition coefficient (Wildman–Crippen LogP) is 5.01. The summed E-state index contributed by atoms with van der Waals surface area (Å²) in [7, 11) is 1.39. The van der Waals surface area contributed by atoms with Gasteiger partial charge in [-0.15, -0.1) is 0 Å². The third-order valence-electron chi connectivity index (χ3n) is 7.42. The average Bonchev–Trinajstić information content (AvgIpc) is 3.45. The fourth-order valence-corrected chi connectivity index (χ4v) is 5.41. The van der Waals surface area contributed by atoms with Gasteiger partial charge in [0.05, 0.1) is 24.1 Å². The van der Waals surface area contributed by atoms with E-state index in [4.69, 9.17) is 9.47 Å². The van der Waals surface area contributed by atoms with Crippen molar-refractivity contribution in [3.63, 3.8) is 0 Å². The van der Waals surface area contributed by atoms with Gasteiger partial charge in [-0.1, -0.05) is 44.2 Å². The molecular weight excluding hydrogens is 468 g/mol. The number of fused-ring (bicyclic) bond motifs is 3. The van der Waals surface area contributed by atoms with Gasteiger partial charge in [-0.2, -0.15) is 0 Å². The zero-order chi connectivity index (χ0) is 26.1. The summed E-state index contributed by atoms with van der Waals surface area (Å²) < 4.78 is 12.6. The monoisotopic (exact) mass is 500 g/mol. The maximum Gasteiger partial charge on any atom is 0.343 e. The molecule has 3 aromatic rings. The lowest BCUT2D eigenvalue weighted by Gasteiger charge is -2.34. The van der Waals surface area contributed by atoms with Crippen LogP contribution in [-0.4, -0.2) is 36.7 Å². The number of rotatable bonds is 6. The number of hydrogen-bond donors (Lipinski definition) is 0. The Morgan fingerprint density at radius 2 is 1.73 bits per heavy atom. The van der Waals surface area contributed by atoms with E-state index < -0.39 is 17.4 Å². The molecule has 0 saturated carbocycles. The number of methoxy groups -OCH3 is 1. The molecule has 0 aliphatic carbocycles. The molecule has 1 aromatic heterocycles. The van der Waals surface area contributed by atoms with E-state index >= 15 is 0 Å². The minimum atomic E-state index is -0.642. The smallest absolute Gasteiger partial charge is 0.343 e. The van der Waals surface area contributed by atoms with Gasteiger partial charge < -0.3 is 18.9 Å². The number of ether oxygens (including phenoxy) is 2. The fraction of sp³-hybridized carbons (Fsp3) is 0.367. The highest BCUT2D eigenvalue weighted by Gasteiger charge is 2.31. The van der Waals surface area contributed by atoms with Crippen LogP contribution in [0.2, 0.25) is 0 Å². The first kappa shape index (κ1) is 24.8. The van der Waals surface area contributed by atoms with Crippen molar-refractivity contribution < 1.29 is 19.1 Å². The largest absolute Gasteiger partial charge is 0.465 e. The van der Waals surface area contributed by atoms with Crippen LogP contribution in [-0.2, 0) is 22.5 Å². The van der Waals surface area contributed by atoms with Gasteiger partial charge in [-0.25, -0.2) is 9.59 Å². The molecule has 1 atom stereocenters. The molecule has 2 aliphatic heterocycles. The first-order valence-electron chi connectivity index (χ1n) is 12.8.